The first kappa shape index (κ1) is 13.3. The van der Waals surface area contributed by atoms with E-state index >= 15 is 0 Å². The van der Waals surface area contributed by atoms with E-state index in [1.165, 1.54) is 0 Å². The van der Waals surface area contributed by atoms with Crippen molar-refractivity contribution in [2.45, 2.75) is 19.4 Å². The molecular weight excluding hydrogens is 271 g/mol. The van der Waals surface area contributed by atoms with Crippen molar-refractivity contribution in [3.8, 4) is 0 Å². The first-order chi connectivity index (χ1) is 8.50. The summed E-state index contributed by atoms with van der Waals surface area (Å²) in [6, 6.07) is 1.60. The zero-order chi connectivity index (χ0) is 13.3. The Labute approximate surface area is 116 Å². The van der Waals surface area contributed by atoms with Crippen LogP contribution < -0.4 is 5.73 Å². The van der Waals surface area contributed by atoms with Gasteiger partial charge in [0.15, 0.2) is 0 Å². The Bertz CT molecular complexity index is 565. The Morgan fingerprint density at radius 1 is 1.44 bits per heavy atom. The van der Waals surface area contributed by atoms with E-state index in [0.29, 0.717) is 16.6 Å². The summed E-state index contributed by atoms with van der Waals surface area (Å²) in [4.78, 5) is 3.94. The molecule has 2 rings (SSSR count). The summed E-state index contributed by atoms with van der Waals surface area (Å²) in [6.45, 7) is 1.92. The summed E-state index contributed by atoms with van der Waals surface area (Å²) in [5, 5.41) is 5.45. The number of halogens is 2. The van der Waals surface area contributed by atoms with Crippen LogP contribution in [0.1, 0.15) is 22.9 Å². The quantitative estimate of drug-likeness (QED) is 0.943. The monoisotopic (exact) mass is 284 g/mol. The molecule has 0 saturated carbocycles. The van der Waals surface area contributed by atoms with Crippen molar-refractivity contribution in [1.29, 1.82) is 0 Å². The molecule has 6 heteroatoms. The maximum absolute atomic E-state index is 6.18. The van der Waals surface area contributed by atoms with E-state index in [2.05, 4.69) is 10.1 Å². The molecule has 2 aromatic rings. The largest absolute Gasteiger partial charge is 0.324 e. The minimum atomic E-state index is -0.221. The standard InChI is InChI=1S/C12H14Cl2N4/c1-7-9(12(14)18(2)17-7)5-11(15)8-3-4-16-6-10(8)13/h3-4,6,11H,5,15H2,1-2H3. The molecule has 18 heavy (non-hydrogen) atoms. The fourth-order valence-corrected chi connectivity index (χ4v) is 2.43. The van der Waals surface area contributed by atoms with E-state index in [9.17, 15) is 0 Å². The van der Waals surface area contributed by atoms with Crippen LogP contribution in [0.25, 0.3) is 0 Å². The van der Waals surface area contributed by atoms with E-state index < -0.39 is 0 Å². The Hall–Kier alpha value is -1.10. The van der Waals surface area contributed by atoms with Gasteiger partial charge in [-0.2, -0.15) is 5.10 Å². The first-order valence-electron chi connectivity index (χ1n) is 5.53. The van der Waals surface area contributed by atoms with Crippen molar-refractivity contribution >= 4 is 23.2 Å². The molecule has 0 radical (unpaired) electrons. The number of nitrogens with zero attached hydrogens (tertiary/aromatic N) is 3. The fourth-order valence-electron chi connectivity index (χ4n) is 1.92. The van der Waals surface area contributed by atoms with Crippen LogP contribution >= 0.6 is 23.2 Å². The number of aromatic nitrogens is 3. The Kier molecular flexibility index (Phi) is 3.90. The van der Waals surface area contributed by atoms with Crippen molar-refractivity contribution in [2.75, 3.05) is 0 Å². The summed E-state index contributed by atoms with van der Waals surface area (Å²) in [7, 11) is 1.81. The molecule has 0 aliphatic carbocycles. The smallest absolute Gasteiger partial charge is 0.130 e. The molecule has 2 heterocycles. The van der Waals surface area contributed by atoms with Crippen LogP contribution in [0.3, 0.4) is 0 Å². The molecule has 0 aromatic carbocycles. The molecule has 0 aliphatic rings. The van der Waals surface area contributed by atoms with Crippen LogP contribution in [0.5, 0.6) is 0 Å². The number of nitrogens with two attached hydrogens (primary N) is 1. The van der Waals surface area contributed by atoms with Gasteiger partial charge in [0, 0.05) is 31.0 Å². The number of pyridine rings is 1. The van der Waals surface area contributed by atoms with Gasteiger partial charge in [-0.1, -0.05) is 23.2 Å². The van der Waals surface area contributed by atoms with Crippen molar-refractivity contribution in [1.82, 2.24) is 14.8 Å². The van der Waals surface area contributed by atoms with Gasteiger partial charge in [0.05, 0.1) is 10.7 Å². The number of hydrogen-bond donors (Lipinski definition) is 1. The Balaban J connectivity index is 2.27. The van der Waals surface area contributed by atoms with Crippen LogP contribution in [0.15, 0.2) is 18.5 Å². The second-order valence-electron chi connectivity index (χ2n) is 4.19. The summed E-state index contributed by atoms with van der Waals surface area (Å²) < 4.78 is 1.65. The average molecular weight is 285 g/mol. The number of rotatable bonds is 3. The van der Waals surface area contributed by atoms with Gasteiger partial charge >= 0.3 is 0 Å². The Morgan fingerprint density at radius 2 is 2.17 bits per heavy atom. The zero-order valence-electron chi connectivity index (χ0n) is 10.2. The highest BCUT2D eigenvalue weighted by Gasteiger charge is 2.17. The van der Waals surface area contributed by atoms with Gasteiger partial charge in [-0.3, -0.25) is 9.67 Å². The molecule has 0 fully saturated rings. The molecule has 1 unspecified atom stereocenters. The van der Waals surface area contributed by atoms with Crippen molar-refractivity contribution in [2.24, 2.45) is 12.8 Å². The number of hydrogen-bond acceptors (Lipinski definition) is 3. The highest BCUT2D eigenvalue weighted by molar-refractivity contribution is 6.31. The minimum absolute atomic E-state index is 0.221. The highest BCUT2D eigenvalue weighted by Crippen LogP contribution is 2.27. The lowest BCUT2D eigenvalue weighted by atomic mass is 10.0. The van der Waals surface area contributed by atoms with E-state index in [0.717, 1.165) is 16.8 Å². The zero-order valence-corrected chi connectivity index (χ0v) is 11.7. The molecule has 1 atom stereocenters. The van der Waals surface area contributed by atoms with Gasteiger partial charge in [0.1, 0.15) is 5.15 Å². The van der Waals surface area contributed by atoms with Crippen LogP contribution in [-0.2, 0) is 13.5 Å². The van der Waals surface area contributed by atoms with Gasteiger partial charge in [-0.15, -0.1) is 0 Å². The topological polar surface area (TPSA) is 56.7 Å². The van der Waals surface area contributed by atoms with Crippen LogP contribution in [0.2, 0.25) is 10.2 Å². The molecule has 2 aromatic heterocycles. The van der Waals surface area contributed by atoms with E-state index in [1.54, 1.807) is 17.1 Å². The second-order valence-corrected chi connectivity index (χ2v) is 4.95. The second kappa shape index (κ2) is 5.26. The van der Waals surface area contributed by atoms with Crippen molar-refractivity contribution < 1.29 is 0 Å². The van der Waals surface area contributed by atoms with Gasteiger partial charge in [-0.05, 0) is 25.0 Å². The molecule has 0 bridgehead atoms. The minimum Gasteiger partial charge on any atom is -0.324 e. The third-order valence-electron chi connectivity index (χ3n) is 2.90. The van der Waals surface area contributed by atoms with Gasteiger partial charge < -0.3 is 5.73 Å². The third kappa shape index (κ3) is 2.51. The molecule has 0 saturated heterocycles. The SMILES string of the molecule is Cc1nn(C)c(Cl)c1CC(N)c1ccncc1Cl. The summed E-state index contributed by atoms with van der Waals surface area (Å²) in [5.74, 6) is 0. The van der Waals surface area contributed by atoms with Crippen LogP contribution in [-0.4, -0.2) is 14.8 Å². The van der Waals surface area contributed by atoms with Crippen LogP contribution in [0.4, 0.5) is 0 Å². The predicted octanol–water partition coefficient (Wildman–Crippen LogP) is 2.67. The van der Waals surface area contributed by atoms with Crippen LogP contribution in [0, 0.1) is 6.92 Å². The van der Waals surface area contributed by atoms with Crippen molar-refractivity contribution in [3.63, 3.8) is 0 Å². The molecule has 2 N–H and O–H groups in total. The number of aryl methyl sites for hydroxylation is 2. The maximum atomic E-state index is 6.18. The average Bonchev–Trinajstić information content (AvgIpc) is 2.56. The molecule has 96 valence electrons. The van der Waals surface area contributed by atoms with E-state index in [4.69, 9.17) is 28.9 Å². The maximum Gasteiger partial charge on any atom is 0.130 e. The summed E-state index contributed by atoms with van der Waals surface area (Å²) in [6.07, 6.45) is 3.87. The summed E-state index contributed by atoms with van der Waals surface area (Å²) >= 11 is 12.3. The summed E-state index contributed by atoms with van der Waals surface area (Å²) in [5.41, 5.74) is 8.88. The van der Waals surface area contributed by atoms with Crippen molar-refractivity contribution in [3.05, 3.63) is 45.5 Å². The lowest BCUT2D eigenvalue weighted by molar-refractivity contribution is 0.717. The lowest BCUT2D eigenvalue weighted by Gasteiger charge is -2.13. The molecule has 0 aliphatic heterocycles. The van der Waals surface area contributed by atoms with Gasteiger partial charge in [0.2, 0.25) is 0 Å². The fraction of sp³-hybridized carbons (Fsp3) is 0.333. The Morgan fingerprint density at radius 3 is 2.72 bits per heavy atom. The molecule has 4 nitrogen and oxygen atoms in total. The molecule has 0 amide bonds. The lowest BCUT2D eigenvalue weighted by Crippen LogP contribution is -2.14. The molecular formula is C12H14Cl2N4. The van der Waals surface area contributed by atoms with E-state index in [-0.39, 0.29) is 6.04 Å². The van der Waals surface area contributed by atoms with Gasteiger partial charge in [-0.25, -0.2) is 0 Å². The third-order valence-corrected chi connectivity index (χ3v) is 3.69. The molecule has 0 spiro atoms. The van der Waals surface area contributed by atoms with E-state index in [1.807, 2.05) is 20.0 Å². The first-order valence-corrected chi connectivity index (χ1v) is 6.29. The predicted molar refractivity (Wildman–Crippen MR) is 72.8 cm³/mol. The normalized spacial score (nSPS) is 12.7. The van der Waals surface area contributed by atoms with Gasteiger partial charge in [0.25, 0.3) is 0 Å². The highest BCUT2D eigenvalue weighted by atomic mass is 35.5.